The fraction of sp³-hybridized carbons (Fsp3) is 0.517. The molecule has 2 rings (SSSR count). The summed E-state index contributed by atoms with van der Waals surface area (Å²) < 4.78 is 17.5. The molecule has 0 bridgehead atoms. The van der Waals surface area contributed by atoms with E-state index in [-0.39, 0.29) is 30.4 Å². The van der Waals surface area contributed by atoms with Crippen LogP contribution in [0.1, 0.15) is 62.9 Å². The molecule has 1 aromatic rings. The maximum atomic E-state index is 13.6. The summed E-state index contributed by atoms with van der Waals surface area (Å²) in [4.78, 5) is 25.4. The van der Waals surface area contributed by atoms with E-state index in [0.717, 1.165) is 5.56 Å². The molecule has 1 heterocycles. The normalized spacial score (nSPS) is 22.5. The first-order valence-corrected chi connectivity index (χ1v) is 15.6. The second-order valence-electron chi connectivity index (χ2n) is 10.9. The van der Waals surface area contributed by atoms with Crippen LogP contribution >= 0.6 is 0 Å². The second-order valence-corrected chi connectivity index (χ2v) is 15.7. The van der Waals surface area contributed by atoms with Gasteiger partial charge in [-0.05, 0) is 48.5 Å². The van der Waals surface area contributed by atoms with Gasteiger partial charge in [0.1, 0.15) is 24.0 Å². The highest BCUT2D eigenvalue weighted by molar-refractivity contribution is 6.74. The fourth-order valence-electron chi connectivity index (χ4n) is 3.58. The van der Waals surface area contributed by atoms with E-state index in [9.17, 15) is 14.7 Å². The van der Waals surface area contributed by atoms with Crippen LogP contribution in [0.2, 0.25) is 18.1 Å². The monoisotopic (exact) mass is 514 g/mol. The lowest BCUT2D eigenvalue weighted by Crippen LogP contribution is -2.44. The highest BCUT2D eigenvalue weighted by Crippen LogP contribution is 2.39. The topological polar surface area (TPSA) is 82.1 Å². The van der Waals surface area contributed by atoms with Gasteiger partial charge in [-0.1, -0.05) is 70.7 Å². The number of benzene rings is 1. The number of ether oxygens (including phenoxy) is 2. The summed E-state index contributed by atoms with van der Waals surface area (Å²) in [5.41, 5.74) is 1.26. The van der Waals surface area contributed by atoms with Crippen LogP contribution in [-0.2, 0) is 20.7 Å². The van der Waals surface area contributed by atoms with Crippen LogP contribution in [0.3, 0.4) is 0 Å². The number of allylic oxidation sites excluding steroid dienone is 2. The summed E-state index contributed by atoms with van der Waals surface area (Å²) in [6.07, 6.45) is 9.02. The first-order chi connectivity index (χ1) is 16.9. The van der Waals surface area contributed by atoms with Crippen molar-refractivity contribution in [2.45, 2.75) is 83.7 Å². The van der Waals surface area contributed by atoms with Crippen molar-refractivity contribution in [3.8, 4) is 5.75 Å². The van der Waals surface area contributed by atoms with Gasteiger partial charge in [-0.2, -0.15) is 0 Å². The van der Waals surface area contributed by atoms with E-state index in [0.29, 0.717) is 24.2 Å². The first kappa shape index (κ1) is 29.6. The molecule has 0 aliphatic carbocycles. The third kappa shape index (κ3) is 8.49. The Morgan fingerprint density at radius 3 is 2.67 bits per heavy atom. The smallest absolute Gasteiger partial charge is 0.342 e. The molecule has 0 spiro atoms. The lowest BCUT2D eigenvalue weighted by molar-refractivity contribution is -0.136. The number of esters is 2. The van der Waals surface area contributed by atoms with Crippen LogP contribution in [0.4, 0.5) is 0 Å². The standard InChI is InChI=1S/C29H42O6Si/c1-8-19-33-26(31)18-12-16-23-20-24(30)21(2)13-9-10-14-22-15-11-17-25(27(22)28(32)34-23)35-36(6,7)29(3,4)5/h8-12,15,17-18,21,23-24,30H,1,13-14,16,19-20H2,2-7H3/b10-9+,18-12+/t21-,23-,24+/m0/s1. The van der Waals surface area contributed by atoms with Gasteiger partial charge in [-0.15, -0.1) is 0 Å². The van der Waals surface area contributed by atoms with Gasteiger partial charge in [0.05, 0.1) is 6.10 Å². The molecule has 0 amide bonds. The Bertz CT molecular complexity index is 972. The molecule has 0 saturated carbocycles. The zero-order valence-corrected chi connectivity index (χ0v) is 23.6. The molecule has 7 heteroatoms. The first-order valence-electron chi connectivity index (χ1n) is 12.6. The third-order valence-corrected chi connectivity index (χ3v) is 11.3. The van der Waals surface area contributed by atoms with Gasteiger partial charge >= 0.3 is 11.9 Å². The minimum absolute atomic E-state index is 0.00358. The molecular weight excluding hydrogens is 472 g/mol. The van der Waals surface area contributed by atoms with E-state index in [2.05, 4.69) is 46.5 Å². The van der Waals surface area contributed by atoms with Gasteiger partial charge in [0.2, 0.25) is 0 Å². The maximum Gasteiger partial charge on any atom is 0.342 e. The third-order valence-electron chi connectivity index (χ3n) is 6.93. The van der Waals surface area contributed by atoms with Crippen molar-refractivity contribution in [2.75, 3.05) is 6.61 Å². The van der Waals surface area contributed by atoms with Crippen molar-refractivity contribution in [3.05, 3.63) is 66.3 Å². The minimum atomic E-state index is -2.22. The van der Waals surface area contributed by atoms with Gasteiger partial charge in [-0.25, -0.2) is 9.59 Å². The van der Waals surface area contributed by atoms with Gasteiger partial charge in [-0.3, -0.25) is 0 Å². The summed E-state index contributed by atoms with van der Waals surface area (Å²) >= 11 is 0. The molecule has 36 heavy (non-hydrogen) atoms. The average molecular weight is 515 g/mol. The summed E-state index contributed by atoms with van der Waals surface area (Å²) in [5, 5.41) is 10.7. The molecule has 198 valence electrons. The highest BCUT2D eigenvalue weighted by atomic mass is 28.4. The Kier molecular flexibility index (Phi) is 10.7. The predicted octanol–water partition coefficient (Wildman–Crippen LogP) is 6.16. The predicted molar refractivity (Wildman–Crippen MR) is 146 cm³/mol. The van der Waals surface area contributed by atoms with Gasteiger partial charge < -0.3 is 19.0 Å². The van der Waals surface area contributed by atoms with Crippen molar-refractivity contribution < 1.29 is 28.6 Å². The molecular formula is C29H42O6Si. The highest BCUT2D eigenvalue weighted by Gasteiger charge is 2.40. The molecule has 3 atom stereocenters. The van der Waals surface area contributed by atoms with Crippen LogP contribution in [0, 0.1) is 5.92 Å². The van der Waals surface area contributed by atoms with Crippen molar-refractivity contribution in [1.82, 2.24) is 0 Å². The number of aliphatic hydroxyl groups excluding tert-OH is 1. The number of rotatable bonds is 7. The van der Waals surface area contributed by atoms with Crippen molar-refractivity contribution in [3.63, 3.8) is 0 Å². The number of hydrogen-bond donors (Lipinski definition) is 1. The lowest BCUT2D eigenvalue weighted by Gasteiger charge is -2.37. The molecule has 0 aromatic heterocycles. The van der Waals surface area contributed by atoms with Gasteiger partial charge in [0, 0.05) is 18.9 Å². The molecule has 0 fully saturated rings. The SMILES string of the molecule is C=CCOC(=O)/C=C/C[C@H]1C[C@@H](O)[C@@H](C)C/C=C/Cc2cccc(O[Si](C)(C)C(C)(C)C)c2C(=O)O1. The summed E-state index contributed by atoms with van der Waals surface area (Å²) in [7, 11) is -2.22. The van der Waals surface area contributed by atoms with E-state index in [1.54, 1.807) is 6.08 Å². The van der Waals surface area contributed by atoms with Crippen molar-refractivity contribution >= 4 is 20.3 Å². The zero-order valence-electron chi connectivity index (χ0n) is 22.6. The van der Waals surface area contributed by atoms with E-state index < -0.39 is 32.5 Å². The minimum Gasteiger partial charge on any atom is -0.543 e. The zero-order chi connectivity index (χ0) is 26.9. The van der Waals surface area contributed by atoms with E-state index in [1.165, 1.54) is 12.2 Å². The molecule has 0 radical (unpaired) electrons. The number of cyclic esters (lactones) is 1. The van der Waals surface area contributed by atoms with E-state index in [4.69, 9.17) is 13.9 Å². The number of hydrogen-bond acceptors (Lipinski definition) is 6. The Balaban J connectivity index is 2.41. The lowest BCUT2D eigenvalue weighted by atomic mass is 9.93. The fourth-order valence-corrected chi connectivity index (χ4v) is 4.61. The molecule has 1 aliphatic heterocycles. The molecule has 1 aromatic carbocycles. The number of carbonyl (C=O) groups excluding carboxylic acids is 2. The molecule has 1 N–H and O–H groups in total. The number of aliphatic hydroxyl groups is 1. The molecule has 6 nitrogen and oxygen atoms in total. The molecule has 0 saturated heterocycles. The van der Waals surface area contributed by atoms with Gasteiger partial charge in [0.15, 0.2) is 0 Å². The van der Waals surface area contributed by atoms with Crippen LogP contribution in [0.5, 0.6) is 5.75 Å². The Hall–Kier alpha value is -2.64. The Morgan fingerprint density at radius 2 is 2.00 bits per heavy atom. The van der Waals surface area contributed by atoms with Crippen LogP contribution in [0.15, 0.2) is 55.2 Å². The second kappa shape index (κ2) is 13.1. The summed E-state index contributed by atoms with van der Waals surface area (Å²) in [6.45, 7) is 16.4. The number of fused-ring (bicyclic) bond motifs is 1. The summed E-state index contributed by atoms with van der Waals surface area (Å²) in [5.74, 6) is -0.452. The Morgan fingerprint density at radius 1 is 1.28 bits per heavy atom. The quantitative estimate of drug-likeness (QED) is 0.203. The Labute approximate surface area is 217 Å². The van der Waals surface area contributed by atoms with Crippen molar-refractivity contribution in [2.24, 2.45) is 5.92 Å². The van der Waals surface area contributed by atoms with Crippen LogP contribution in [-0.4, -0.2) is 44.2 Å². The molecule has 1 aliphatic rings. The van der Waals surface area contributed by atoms with Crippen LogP contribution in [0.25, 0.3) is 0 Å². The summed E-state index contributed by atoms with van der Waals surface area (Å²) in [6, 6.07) is 5.67. The largest absolute Gasteiger partial charge is 0.543 e. The average Bonchev–Trinajstić information content (AvgIpc) is 2.78. The van der Waals surface area contributed by atoms with E-state index in [1.807, 2.05) is 31.2 Å². The number of carbonyl (C=O) groups is 2. The van der Waals surface area contributed by atoms with Crippen LogP contribution < -0.4 is 4.43 Å². The van der Waals surface area contributed by atoms with Crippen molar-refractivity contribution in [1.29, 1.82) is 0 Å². The molecule has 0 unspecified atom stereocenters. The maximum absolute atomic E-state index is 13.6. The van der Waals surface area contributed by atoms with Gasteiger partial charge in [0.25, 0.3) is 8.32 Å². The van der Waals surface area contributed by atoms with E-state index >= 15 is 0 Å².